The summed E-state index contributed by atoms with van der Waals surface area (Å²) in [4.78, 5) is 14.5. The molecule has 0 radical (unpaired) electrons. The van der Waals surface area contributed by atoms with E-state index in [1.165, 1.54) is 5.56 Å². The van der Waals surface area contributed by atoms with Gasteiger partial charge in [0.25, 0.3) is 5.91 Å². The van der Waals surface area contributed by atoms with Crippen molar-refractivity contribution in [2.75, 3.05) is 24.7 Å². The number of fused-ring (bicyclic) bond motifs is 2. The van der Waals surface area contributed by atoms with Gasteiger partial charge in [-0.15, -0.1) is 0 Å². The predicted octanol–water partition coefficient (Wildman–Crippen LogP) is 3.84. The summed E-state index contributed by atoms with van der Waals surface area (Å²) in [6, 6.07) is 13.9. The zero-order valence-corrected chi connectivity index (χ0v) is 14.1. The minimum absolute atomic E-state index is 0.0132. The summed E-state index contributed by atoms with van der Waals surface area (Å²) in [5, 5.41) is 0. The fraction of sp³-hybridized carbons (Fsp3) is 0.286. The second-order valence-corrected chi connectivity index (χ2v) is 6.31. The van der Waals surface area contributed by atoms with Crippen LogP contribution in [0.4, 0.5) is 5.69 Å². The van der Waals surface area contributed by atoms with E-state index in [0.29, 0.717) is 13.2 Å². The second-order valence-electron chi connectivity index (χ2n) is 6.31. The molecule has 2 aromatic carbocycles. The number of benzene rings is 2. The van der Waals surface area contributed by atoms with Crippen molar-refractivity contribution in [2.45, 2.75) is 19.3 Å². The van der Waals surface area contributed by atoms with E-state index in [1.54, 1.807) is 6.08 Å². The highest BCUT2D eigenvalue weighted by Crippen LogP contribution is 2.31. The summed E-state index contributed by atoms with van der Waals surface area (Å²) in [5.41, 5.74) is 3.20. The molecule has 4 nitrogen and oxygen atoms in total. The van der Waals surface area contributed by atoms with Crippen LogP contribution in [0.5, 0.6) is 11.5 Å². The van der Waals surface area contributed by atoms with Gasteiger partial charge < -0.3 is 14.4 Å². The van der Waals surface area contributed by atoms with Crippen molar-refractivity contribution in [3.8, 4) is 11.5 Å². The number of hydrogen-bond acceptors (Lipinski definition) is 3. The molecule has 0 unspecified atom stereocenters. The van der Waals surface area contributed by atoms with Crippen LogP contribution in [0.25, 0.3) is 6.08 Å². The number of anilines is 1. The first-order valence-electron chi connectivity index (χ1n) is 8.78. The topological polar surface area (TPSA) is 38.8 Å². The molecular formula is C21H21NO3. The Hall–Kier alpha value is -2.75. The highest BCUT2D eigenvalue weighted by molar-refractivity contribution is 6.04. The van der Waals surface area contributed by atoms with Gasteiger partial charge in [0.05, 0.1) is 13.2 Å². The van der Waals surface area contributed by atoms with E-state index in [4.69, 9.17) is 9.47 Å². The first-order chi connectivity index (χ1) is 12.3. The van der Waals surface area contributed by atoms with Gasteiger partial charge in [-0.3, -0.25) is 4.79 Å². The molecule has 4 rings (SSSR count). The smallest absolute Gasteiger partial charge is 0.250 e. The lowest BCUT2D eigenvalue weighted by Gasteiger charge is -2.28. The van der Waals surface area contributed by atoms with Crippen LogP contribution in [0, 0.1) is 0 Å². The van der Waals surface area contributed by atoms with Gasteiger partial charge >= 0.3 is 0 Å². The van der Waals surface area contributed by atoms with Crippen molar-refractivity contribution in [3.63, 3.8) is 0 Å². The Kier molecular flexibility index (Phi) is 4.42. The van der Waals surface area contributed by atoms with E-state index >= 15 is 0 Å². The number of nitrogens with zero attached hydrogens (tertiary/aromatic N) is 1. The monoisotopic (exact) mass is 335 g/mol. The number of carbonyl (C=O) groups is 1. The first kappa shape index (κ1) is 15.8. The van der Waals surface area contributed by atoms with Crippen molar-refractivity contribution in [2.24, 2.45) is 0 Å². The molecule has 2 heterocycles. The zero-order valence-electron chi connectivity index (χ0n) is 14.1. The Morgan fingerprint density at radius 3 is 2.76 bits per heavy atom. The van der Waals surface area contributed by atoms with Gasteiger partial charge in [0, 0.05) is 24.7 Å². The van der Waals surface area contributed by atoms with E-state index < -0.39 is 0 Å². The molecule has 0 fully saturated rings. The fourth-order valence-corrected chi connectivity index (χ4v) is 3.30. The van der Waals surface area contributed by atoms with Crippen molar-refractivity contribution >= 4 is 17.7 Å². The lowest BCUT2D eigenvalue weighted by atomic mass is 10.0. The van der Waals surface area contributed by atoms with Crippen molar-refractivity contribution in [1.82, 2.24) is 0 Å². The summed E-state index contributed by atoms with van der Waals surface area (Å²) in [6.45, 7) is 2.10. The van der Waals surface area contributed by atoms with Gasteiger partial charge in [-0.1, -0.05) is 24.3 Å². The van der Waals surface area contributed by atoms with E-state index in [9.17, 15) is 4.79 Å². The highest BCUT2D eigenvalue weighted by Gasteiger charge is 2.20. The molecule has 0 saturated carbocycles. The average molecular weight is 335 g/mol. The van der Waals surface area contributed by atoms with Crippen molar-refractivity contribution in [1.29, 1.82) is 0 Å². The molecule has 0 N–H and O–H groups in total. The maximum atomic E-state index is 12.7. The van der Waals surface area contributed by atoms with Crippen LogP contribution in [-0.4, -0.2) is 25.7 Å². The third kappa shape index (κ3) is 3.38. The van der Waals surface area contributed by atoms with Crippen molar-refractivity contribution < 1.29 is 14.3 Å². The van der Waals surface area contributed by atoms with E-state index in [2.05, 4.69) is 6.07 Å². The van der Waals surface area contributed by atoms with Crippen LogP contribution in [0.3, 0.4) is 0 Å². The molecule has 2 aliphatic rings. The van der Waals surface area contributed by atoms with E-state index in [0.717, 1.165) is 48.6 Å². The number of rotatable bonds is 2. The SMILES string of the molecule is O=C(/C=C/c1ccc2c(c1)OCCCO2)N1CCCc2ccccc21. The number of hydrogen-bond donors (Lipinski definition) is 0. The molecule has 4 heteroatoms. The summed E-state index contributed by atoms with van der Waals surface area (Å²) >= 11 is 0. The van der Waals surface area contributed by atoms with Gasteiger partial charge in [-0.05, 0) is 48.2 Å². The number of aryl methyl sites for hydroxylation is 1. The Morgan fingerprint density at radius 2 is 1.84 bits per heavy atom. The average Bonchev–Trinajstić information content (AvgIpc) is 2.90. The quantitative estimate of drug-likeness (QED) is 0.783. The third-order valence-electron chi connectivity index (χ3n) is 4.57. The Labute approximate surface area is 147 Å². The summed E-state index contributed by atoms with van der Waals surface area (Å²) in [7, 11) is 0. The van der Waals surface area contributed by atoms with Gasteiger partial charge in [-0.25, -0.2) is 0 Å². The first-order valence-corrected chi connectivity index (χ1v) is 8.78. The fourth-order valence-electron chi connectivity index (χ4n) is 3.30. The lowest BCUT2D eigenvalue weighted by molar-refractivity contribution is -0.114. The summed E-state index contributed by atoms with van der Waals surface area (Å²) < 4.78 is 11.3. The summed E-state index contributed by atoms with van der Waals surface area (Å²) in [6.07, 6.45) is 6.40. The van der Waals surface area contributed by atoms with Crippen LogP contribution in [-0.2, 0) is 11.2 Å². The molecule has 25 heavy (non-hydrogen) atoms. The molecule has 2 aromatic rings. The molecule has 0 bridgehead atoms. The van der Waals surface area contributed by atoms with Gasteiger partial charge in [0.2, 0.25) is 0 Å². The largest absolute Gasteiger partial charge is 0.490 e. The van der Waals surface area contributed by atoms with Crippen LogP contribution < -0.4 is 14.4 Å². The molecule has 0 saturated heterocycles. The molecule has 0 aromatic heterocycles. The lowest BCUT2D eigenvalue weighted by Crippen LogP contribution is -2.34. The van der Waals surface area contributed by atoms with Crippen LogP contribution in [0.2, 0.25) is 0 Å². The normalized spacial score (nSPS) is 16.4. The maximum absolute atomic E-state index is 12.7. The molecular weight excluding hydrogens is 314 g/mol. The molecule has 128 valence electrons. The van der Waals surface area contributed by atoms with Crippen LogP contribution >= 0.6 is 0 Å². The molecule has 2 aliphatic heterocycles. The minimum atomic E-state index is 0.0132. The Morgan fingerprint density at radius 1 is 1.00 bits per heavy atom. The number of amides is 1. The molecule has 0 atom stereocenters. The van der Waals surface area contributed by atoms with E-state index in [-0.39, 0.29) is 5.91 Å². The Bertz CT molecular complexity index is 813. The highest BCUT2D eigenvalue weighted by atomic mass is 16.5. The standard InChI is InChI=1S/C21H21NO3/c23-21(22-12-3-6-17-5-1-2-7-18(17)22)11-9-16-8-10-19-20(15-16)25-14-4-13-24-19/h1-2,5,7-11,15H,3-4,6,12-14H2/b11-9+. The summed E-state index contributed by atoms with van der Waals surface area (Å²) in [5.74, 6) is 1.53. The van der Waals surface area contributed by atoms with E-state index in [1.807, 2.05) is 47.4 Å². The molecule has 0 spiro atoms. The number of para-hydroxylation sites is 1. The van der Waals surface area contributed by atoms with Gasteiger partial charge in [0.1, 0.15) is 0 Å². The van der Waals surface area contributed by atoms with Crippen LogP contribution in [0.1, 0.15) is 24.0 Å². The predicted molar refractivity (Wildman–Crippen MR) is 98.2 cm³/mol. The number of ether oxygens (including phenoxy) is 2. The maximum Gasteiger partial charge on any atom is 0.250 e. The second kappa shape index (κ2) is 7.01. The zero-order chi connectivity index (χ0) is 17.1. The number of carbonyl (C=O) groups excluding carboxylic acids is 1. The Balaban J connectivity index is 1.53. The minimum Gasteiger partial charge on any atom is -0.490 e. The van der Waals surface area contributed by atoms with Crippen LogP contribution in [0.15, 0.2) is 48.5 Å². The van der Waals surface area contributed by atoms with Gasteiger partial charge in [0.15, 0.2) is 11.5 Å². The molecule has 1 amide bonds. The van der Waals surface area contributed by atoms with Crippen molar-refractivity contribution in [3.05, 3.63) is 59.7 Å². The third-order valence-corrected chi connectivity index (χ3v) is 4.57. The molecule has 0 aliphatic carbocycles. The van der Waals surface area contributed by atoms with Gasteiger partial charge in [-0.2, -0.15) is 0 Å².